The largest absolute Gasteiger partial charge is 0.493 e. The van der Waals surface area contributed by atoms with E-state index in [4.69, 9.17) is 9.47 Å². The third-order valence-corrected chi connectivity index (χ3v) is 3.73. The highest BCUT2D eigenvalue weighted by molar-refractivity contribution is 5.95. The van der Waals surface area contributed by atoms with Crippen LogP contribution >= 0.6 is 0 Å². The third-order valence-electron chi connectivity index (χ3n) is 3.73. The topological polar surface area (TPSA) is 64.6 Å². The number of amides is 1. The van der Waals surface area contributed by atoms with Crippen molar-refractivity contribution in [2.24, 2.45) is 0 Å². The van der Waals surface area contributed by atoms with Gasteiger partial charge >= 0.3 is 12.1 Å². The van der Waals surface area contributed by atoms with Gasteiger partial charge in [-0.3, -0.25) is 9.59 Å². The number of benzene rings is 2. The van der Waals surface area contributed by atoms with E-state index in [1.165, 1.54) is 19.1 Å². The van der Waals surface area contributed by atoms with Crippen molar-refractivity contribution in [1.29, 1.82) is 0 Å². The van der Waals surface area contributed by atoms with Gasteiger partial charge in [0.15, 0.2) is 6.10 Å². The number of hydrogen-bond donors (Lipinski definition) is 1. The van der Waals surface area contributed by atoms with Crippen molar-refractivity contribution in [2.75, 3.05) is 11.9 Å². The summed E-state index contributed by atoms with van der Waals surface area (Å²) in [5.41, 5.74) is 0.154. The molecule has 0 aliphatic carbocycles. The van der Waals surface area contributed by atoms with E-state index >= 15 is 0 Å². The lowest BCUT2D eigenvalue weighted by atomic mass is 10.2. The molecule has 0 saturated heterocycles. The molecule has 2 rings (SSSR count). The van der Waals surface area contributed by atoms with Gasteiger partial charge in [0.2, 0.25) is 0 Å². The maximum Gasteiger partial charge on any atom is 0.416 e. The third kappa shape index (κ3) is 6.61. The number of hydrogen-bond acceptors (Lipinski definition) is 4. The molecule has 1 amide bonds. The minimum absolute atomic E-state index is 0.0366. The monoisotopic (exact) mass is 395 g/mol. The van der Waals surface area contributed by atoms with Crippen LogP contribution in [0.25, 0.3) is 0 Å². The van der Waals surface area contributed by atoms with Crippen molar-refractivity contribution in [1.82, 2.24) is 0 Å². The van der Waals surface area contributed by atoms with Gasteiger partial charge in [0.05, 0.1) is 18.6 Å². The average molecular weight is 395 g/mol. The Morgan fingerprint density at radius 1 is 1.11 bits per heavy atom. The van der Waals surface area contributed by atoms with Gasteiger partial charge in [-0.1, -0.05) is 23.8 Å². The number of rotatable bonds is 7. The number of nitrogens with one attached hydrogen (secondary N) is 1. The molecule has 5 nitrogen and oxygen atoms in total. The second kappa shape index (κ2) is 9.25. The Balaban J connectivity index is 1.79. The van der Waals surface area contributed by atoms with E-state index in [1.807, 2.05) is 19.1 Å². The van der Waals surface area contributed by atoms with Gasteiger partial charge in [-0.25, -0.2) is 0 Å². The number of carbonyl (C=O) groups excluding carboxylic acids is 2. The number of alkyl halides is 3. The first-order valence-corrected chi connectivity index (χ1v) is 8.52. The van der Waals surface area contributed by atoms with Crippen molar-refractivity contribution in [3.8, 4) is 5.75 Å². The molecule has 0 aliphatic rings. The molecule has 0 spiro atoms. The van der Waals surface area contributed by atoms with Crippen molar-refractivity contribution >= 4 is 17.6 Å². The molecule has 2 aromatic carbocycles. The Morgan fingerprint density at radius 3 is 2.43 bits per heavy atom. The molecule has 0 aliphatic heterocycles. The first kappa shape index (κ1) is 21.3. The maximum atomic E-state index is 12.7. The summed E-state index contributed by atoms with van der Waals surface area (Å²) in [6, 6.07) is 11.5. The first-order chi connectivity index (χ1) is 13.1. The van der Waals surface area contributed by atoms with E-state index in [0.717, 1.165) is 17.7 Å². The van der Waals surface area contributed by atoms with Crippen LogP contribution in [0.4, 0.5) is 18.9 Å². The zero-order chi connectivity index (χ0) is 20.7. The molecule has 0 heterocycles. The molecule has 1 N–H and O–H groups in total. The molecule has 0 aromatic heterocycles. The minimum atomic E-state index is -4.52. The Kier molecular flexibility index (Phi) is 7.03. The highest BCUT2D eigenvalue weighted by atomic mass is 19.4. The lowest BCUT2D eigenvalue weighted by Crippen LogP contribution is -2.30. The van der Waals surface area contributed by atoms with Gasteiger partial charge in [0.1, 0.15) is 5.75 Å². The minimum Gasteiger partial charge on any atom is -0.493 e. The van der Waals surface area contributed by atoms with Crippen molar-refractivity contribution in [2.45, 2.75) is 32.5 Å². The van der Waals surface area contributed by atoms with Crippen molar-refractivity contribution in [3.05, 3.63) is 59.7 Å². The maximum absolute atomic E-state index is 12.7. The number of ether oxygens (including phenoxy) is 2. The number of halogens is 3. The van der Waals surface area contributed by atoms with E-state index in [0.29, 0.717) is 5.75 Å². The molecule has 0 fully saturated rings. The fourth-order valence-electron chi connectivity index (χ4n) is 2.21. The molecule has 0 radical (unpaired) electrons. The highest BCUT2D eigenvalue weighted by Crippen LogP contribution is 2.30. The highest BCUT2D eigenvalue weighted by Gasteiger charge is 2.30. The van der Waals surface area contributed by atoms with Gasteiger partial charge in [-0.05, 0) is 44.2 Å². The predicted octanol–water partition coefficient (Wildman–Crippen LogP) is 4.35. The van der Waals surface area contributed by atoms with Crippen molar-refractivity contribution in [3.63, 3.8) is 0 Å². The van der Waals surface area contributed by atoms with Crippen LogP contribution in [0.15, 0.2) is 48.5 Å². The number of carbonyl (C=O) groups is 2. The van der Waals surface area contributed by atoms with Crippen molar-refractivity contribution < 1.29 is 32.2 Å². The van der Waals surface area contributed by atoms with Gasteiger partial charge in [0, 0.05) is 5.69 Å². The summed E-state index contributed by atoms with van der Waals surface area (Å²) in [5.74, 6) is -0.778. The molecule has 1 atom stereocenters. The normalized spacial score (nSPS) is 12.2. The lowest BCUT2D eigenvalue weighted by molar-refractivity contribution is -0.153. The molecule has 0 saturated carbocycles. The summed E-state index contributed by atoms with van der Waals surface area (Å²) in [4.78, 5) is 23.8. The van der Waals surface area contributed by atoms with Gasteiger partial charge in [0.25, 0.3) is 5.91 Å². The Labute approximate surface area is 160 Å². The van der Waals surface area contributed by atoms with Crippen LogP contribution in [0.3, 0.4) is 0 Å². The standard InChI is InChI=1S/C20H20F3NO4/c1-13-6-8-17(9-7-13)27-11-10-18(25)28-14(2)19(26)24-16-5-3-4-15(12-16)20(21,22)23/h3-9,12,14H,10-11H2,1-2H3,(H,24,26). The molecular formula is C20H20F3NO4. The number of anilines is 1. The second-order valence-electron chi connectivity index (χ2n) is 6.11. The zero-order valence-corrected chi connectivity index (χ0v) is 15.4. The molecule has 8 heteroatoms. The summed E-state index contributed by atoms with van der Waals surface area (Å²) in [6.07, 6.45) is -5.76. The van der Waals surface area contributed by atoms with Gasteiger partial charge in [-0.15, -0.1) is 0 Å². The van der Waals surface area contributed by atoms with Gasteiger partial charge < -0.3 is 14.8 Å². The predicted molar refractivity (Wildman–Crippen MR) is 96.9 cm³/mol. The number of esters is 1. The van der Waals surface area contributed by atoms with Crippen LogP contribution in [-0.2, 0) is 20.5 Å². The van der Waals surface area contributed by atoms with Crippen LogP contribution in [-0.4, -0.2) is 24.6 Å². The van der Waals surface area contributed by atoms with Crippen LogP contribution < -0.4 is 10.1 Å². The van der Waals surface area contributed by atoms with Crippen LogP contribution in [0.2, 0.25) is 0 Å². The summed E-state index contributed by atoms with van der Waals surface area (Å²) in [6.45, 7) is 3.35. The summed E-state index contributed by atoms with van der Waals surface area (Å²) in [7, 11) is 0. The molecule has 1 unspecified atom stereocenters. The van der Waals surface area contributed by atoms with Gasteiger partial charge in [-0.2, -0.15) is 13.2 Å². The Morgan fingerprint density at radius 2 is 1.79 bits per heavy atom. The van der Waals surface area contributed by atoms with Crippen LogP contribution in [0.5, 0.6) is 5.75 Å². The zero-order valence-electron chi connectivity index (χ0n) is 15.4. The fraction of sp³-hybridized carbons (Fsp3) is 0.300. The average Bonchev–Trinajstić information content (AvgIpc) is 2.63. The second-order valence-corrected chi connectivity index (χ2v) is 6.11. The fourth-order valence-corrected chi connectivity index (χ4v) is 2.21. The molecule has 0 bridgehead atoms. The van der Waals surface area contributed by atoms with E-state index in [-0.39, 0.29) is 18.7 Å². The van der Waals surface area contributed by atoms with E-state index < -0.39 is 29.7 Å². The van der Waals surface area contributed by atoms with E-state index in [9.17, 15) is 22.8 Å². The molecule has 28 heavy (non-hydrogen) atoms. The lowest BCUT2D eigenvalue weighted by Gasteiger charge is -2.15. The quantitative estimate of drug-likeness (QED) is 0.708. The SMILES string of the molecule is Cc1ccc(OCCC(=O)OC(C)C(=O)Nc2cccc(C(F)(F)F)c2)cc1. The Hall–Kier alpha value is -3.03. The molecular weight excluding hydrogens is 375 g/mol. The van der Waals surface area contributed by atoms with Crippen LogP contribution in [0, 0.1) is 6.92 Å². The van der Waals surface area contributed by atoms with E-state index in [1.54, 1.807) is 12.1 Å². The number of aryl methyl sites for hydroxylation is 1. The molecule has 150 valence electrons. The first-order valence-electron chi connectivity index (χ1n) is 8.52. The summed E-state index contributed by atoms with van der Waals surface area (Å²) in [5, 5.41) is 2.30. The summed E-state index contributed by atoms with van der Waals surface area (Å²) < 4.78 is 48.5. The molecule has 2 aromatic rings. The van der Waals surface area contributed by atoms with E-state index in [2.05, 4.69) is 5.32 Å². The Bertz CT molecular complexity index is 819. The van der Waals surface area contributed by atoms with Crippen LogP contribution in [0.1, 0.15) is 24.5 Å². The smallest absolute Gasteiger partial charge is 0.416 e. The summed E-state index contributed by atoms with van der Waals surface area (Å²) >= 11 is 0.